The first-order chi connectivity index (χ1) is 11.0. The van der Waals surface area contributed by atoms with E-state index >= 15 is 0 Å². The van der Waals surface area contributed by atoms with Gasteiger partial charge in [-0.1, -0.05) is 35.3 Å². The number of hydrogen-bond donors (Lipinski definition) is 2. The van der Waals surface area contributed by atoms with Crippen LogP contribution in [0.4, 0.5) is 0 Å². The number of nitrogens with one attached hydrogen (secondary N) is 1. The van der Waals surface area contributed by atoms with Crippen molar-refractivity contribution in [3.05, 3.63) is 69.2 Å². The van der Waals surface area contributed by atoms with Crippen LogP contribution in [0.1, 0.15) is 29.2 Å². The van der Waals surface area contributed by atoms with E-state index in [0.29, 0.717) is 21.2 Å². The largest absolute Gasteiger partial charge is 0.388 e. The Morgan fingerprint density at radius 2 is 1.91 bits per heavy atom. The first-order valence-corrected chi connectivity index (χ1v) is 7.63. The van der Waals surface area contributed by atoms with Gasteiger partial charge in [0.05, 0.1) is 24.2 Å². The molecule has 23 heavy (non-hydrogen) atoms. The van der Waals surface area contributed by atoms with Gasteiger partial charge in [0, 0.05) is 16.6 Å². The third kappa shape index (κ3) is 5.26. The van der Waals surface area contributed by atoms with Gasteiger partial charge in [-0.3, -0.25) is 4.79 Å². The molecule has 2 aromatic carbocycles. The predicted octanol–water partition coefficient (Wildman–Crippen LogP) is 3.60. The summed E-state index contributed by atoms with van der Waals surface area (Å²) >= 11 is 11.8. The van der Waals surface area contributed by atoms with Crippen molar-refractivity contribution in [2.24, 2.45) is 0 Å². The lowest BCUT2D eigenvalue weighted by Gasteiger charge is -2.12. The van der Waals surface area contributed by atoms with E-state index in [-0.39, 0.29) is 18.9 Å². The van der Waals surface area contributed by atoms with E-state index in [0.717, 1.165) is 5.56 Å². The molecule has 0 bridgehead atoms. The molecule has 0 aliphatic carbocycles. The van der Waals surface area contributed by atoms with Crippen molar-refractivity contribution < 1.29 is 9.90 Å². The zero-order valence-electron chi connectivity index (χ0n) is 12.1. The molecule has 6 heteroatoms. The summed E-state index contributed by atoms with van der Waals surface area (Å²) in [4.78, 5) is 11.9. The number of aliphatic hydroxyl groups excluding tert-OH is 1. The van der Waals surface area contributed by atoms with Crippen molar-refractivity contribution in [1.29, 1.82) is 5.26 Å². The number of rotatable bonds is 5. The summed E-state index contributed by atoms with van der Waals surface area (Å²) in [5.74, 6) is -0.309. The van der Waals surface area contributed by atoms with Crippen LogP contribution in [0.25, 0.3) is 0 Å². The third-order valence-corrected chi connectivity index (χ3v) is 3.63. The maximum Gasteiger partial charge on any atom is 0.223 e. The summed E-state index contributed by atoms with van der Waals surface area (Å²) in [7, 11) is 0. The SMILES string of the molecule is N#Cc1cccc(CNC(=O)CC(O)c2cc(Cl)cc(Cl)c2)c1. The average molecular weight is 349 g/mol. The first kappa shape index (κ1) is 17.3. The van der Waals surface area contributed by atoms with Gasteiger partial charge in [-0.2, -0.15) is 5.26 Å². The molecular formula is C17H14Cl2N2O2. The molecule has 0 saturated heterocycles. The van der Waals surface area contributed by atoms with E-state index < -0.39 is 6.10 Å². The van der Waals surface area contributed by atoms with E-state index in [1.165, 1.54) is 0 Å². The number of benzene rings is 2. The Morgan fingerprint density at radius 3 is 2.57 bits per heavy atom. The summed E-state index contributed by atoms with van der Waals surface area (Å²) in [6, 6.07) is 13.7. The van der Waals surface area contributed by atoms with Crippen molar-refractivity contribution in [2.45, 2.75) is 19.1 Å². The van der Waals surface area contributed by atoms with E-state index in [2.05, 4.69) is 5.32 Å². The minimum Gasteiger partial charge on any atom is -0.388 e. The molecule has 0 fully saturated rings. The van der Waals surface area contributed by atoms with Gasteiger partial charge in [-0.25, -0.2) is 0 Å². The number of carbonyl (C=O) groups excluding carboxylic acids is 1. The highest BCUT2D eigenvalue weighted by molar-refractivity contribution is 6.34. The predicted molar refractivity (Wildman–Crippen MR) is 89.0 cm³/mol. The Morgan fingerprint density at radius 1 is 1.22 bits per heavy atom. The fourth-order valence-corrected chi connectivity index (χ4v) is 2.63. The highest BCUT2D eigenvalue weighted by Crippen LogP contribution is 2.25. The molecule has 4 nitrogen and oxygen atoms in total. The Labute approximate surface area is 144 Å². The Balaban J connectivity index is 1.92. The maximum atomic E-state index is 11.9. The minimum atomic E-state index is -0.989. The molecule has 2 rings (SSSR count). The number of hydrogen-bond acceptors (Lipinski definition) is 3. The lowest BCUT2D eigenvalue weighted by molar-refractivity contribution is -0.123. The molecule has 0 spiro atoms. The van der Waals surface area contributed by atoms with Gasteiger partial charge in [0.15, 0.2) is 0 Å². The van der Waals surface area contributed by atoms with Gasteiger partial charge in [-0.05, 0) is 41.5 Å². The molecule has 2 aromatic rings. The summed E-state index contributed by atoms with van der Waals surface area (Å²) in [5.41, 5.74) is 1.84. The molecule has 1 amide bonds. The Bertz CT molecular complexity index is 736. The van der Waals surface area contributed by atoms with E-state index in [1.54, 1.807) is 36.4 Å². The van der Waals surface area contributed by atoms with Crippen molar-refractivity contribution in [2.75, 3.05) is 0 Å². The second-order valence-electron chi connectivity index (χ2n) is 5.01. The van der Waals surface area contributed by atoms with Gasteiger partial charge in [0.1, 0.15) is 0 Å². The summed E-state index contributed by atoms with van der Waals surface area (Å²) < 4.78 is 0. The molecule has 0 aliphatic heterocycles. The Hall–Kier alpha value is -2.06. The second kappa shape index (κ2) is 7.98. The zero-order chi connectivity index (χ0) is 16.8. The van der Waals surface area contributed by atoms with Gasteiger partial charge in [0.25, 0.3) is 0 Å². The fourth-order valence-electron chi connectivity index (χ4n) is 2.08. The van der Waals surface area contributed by atoms with E-state index in [9.17, 15) is 9.90 Å². The molecule has 0 saturated carbocycles. The van der Waals surface area contributed by atoms with Crippen LogP contribution in [-0.2, 0) is 11.3 Å². The molecule has 0 heterocycles. The van der Waals surface area contributed by atoms with Crippen molar-refractivity contribution in [1.82, 2.24) is 5.32 Å². The molecule has 1 atom stereocenters. The zero-order valence-corrected chi connectivity index (χ0v) is 13.6. The monoisotopic (exact) mass is 348 g/mol. The molecule has 118 valence electrons. The number of amides is 1. The standard InChI is InChI=1S/C17H14Cl2N2O2/c18-14-5-13(6-15(19)7-14)16(22)8-17(23)21-10-12-3-1-2-11(4-12)9-20/h1-7,16,22H,8,10H2,(H,21,23). The van der Waals surface area contributed by atoms with Crippen molar-refractivity contribution in [3.8, 4) is 6.07 Å². The highest BCUT2D eigenvalue weighted by atomic mass is 35.5. The number of nitrogens with zero attached hydrogens (tertiary/aromatic N) is 1. The average Bonchev–Trinajstić information content (AvgIpc) is 2.52. The summed E-state index contributed by atoms with van der Waals surface area (Å²) in [5, 5.41) is 22.4. The maximum absolute atomic E-state index is 11.9. The lowest BCUT2D eigenvalue weighted by atomic mass is 10.1. The number of halogens is 2. The third-order valence-electron chi connectivity index (χ3n) is 3.19. The number of carbonyl (C=O) groups is 1. The lowest BCUT2D eigenvalue weighted by Crippen LogP contribution is -2.24. The number of aliphatic hydroxyl groups is 1. The van der Waals surface area contributed by atoms with Crippen LogP contribution in [0, 0.1) is 11.3 Å². The molecule has 0 radical (unpaired) electrons. The fraction of sp³-hybridized carbons (Fsp3) is 0.176. The molecule has 2 N–H and O–H groups in total. The van der Waals surface area contributed by atoms with Crippen LogP contribution in [-0.4, -0.2) is 11.0 Å². The highest BCUT2D eigenvalue weighted by Gasteiger charge is 2.14. The van der Waals surface area contributed by atoms with Crippen LogP contribution >= 0.6 is 23.2 Å². The van der Waals surface area contributed by atoms with Crippen molar-refractivity contribution in [3.63, 3.8) is 0 Å². The summed E-state index contributed by atoms with van der Waals surface area (Å²) in [6.45, 7) is 0.289. The van der Waals surface area contributed by atoms with Crippen LogP contribution < -0.4 is 5.32 Å². The van der Waals surface area contributed by atoms with Gasteiger partial charge >= 0.3 is 0 Å². The number of nitriles is 1. The topological polar surface area (TPSA) is 73.1 Å². The quantitative estimate of drug-likeness (QED) is 0.866. The second-order valence-corrected chi connectivity index (χ2v) is 5.88. The molecular weight excluding hydrogens is 335 g/mol. The first-order valence-electron chi connectivity index (χ1n) is 6.87. The molecule has 0 aliphatic rings. The summed E-state index contributed by atoms with van der Waals surface area (Å²) in [6.07, 6.45) is -1.09. The van der Waals surface area contributed by atoms with Crippen LogP contribution in [0.5, 0.6) is 0 Å². The van der Waals surface area contributed by atoms with Crippen molar-refractivity contribution >= 4 is 29.1 Å². The van der Waals surface area contributed by atoms with E-state index in [1.807, 2.05) is 12.1 Å². The normalized spacial score (nSPS) is 11.6. The van der Waals surface area contributed by atoms with Crippen LogP contribution in [0.2, 0.25) is 10.0 Å². The van der Waals surface area contributed by atoms with Crippen LogP contribution in [0.15, 0.2) is 42.5 Å². The smallest absolute Gasteiger partial charge is 0.223 e. The van der Waals surface area contributed by atoms with Gasteiger partial charge in [0.2, 0.25) is 5.91 Å². The van der Waals surface area contributed by atoms with Crippen LogP contribution in [0.3, 0.4) is 0 Å². The molecule has 1 unspecified atom stereocenters. The molecule has 0 aromatic heterocycles. The minimum absolute atomic E-state index is 0.103. The van der Waals surface area contributed by atoms with Gasteiger partial charge < -0.3 is 10.4 Å². The van der Waals surface area contributed by atoms with Gasteiger partial charge in [-0.15, -0.1) is 0 Å². The van der Waals surface area contributed by atoms with E-state index in [4.69, 9.17) is 28.5 Å². The Kier molecular flexibility index (Phi) is 6.00.